The molecule has 0 aromatic heterocycles. The summed E-state index contributed by atoms with van der Waals surface area (Å²) in [7, 11) is 0. The topological polar surface area (TPSA) is 76.0 Å². The van der Waals surface area contributed by atoms with E-state index in [9.17, 15) is 14.8 Å². The largest absolute Gasteiger partial charge is 0.462 e. The summed E-state index contributed by atoms with van der Waals surface area (Å²) in [6.07, 6.45) is 13.0. The number of nitrogens with zero attached hydrogens (tertiary/aromatic N) is 1. The fourth-order valence-corrected chi connectivity index (χ4v) is 10.8. The van der Waals surface area contributed by atoms with Gasteiger partial charge in [0.05, 0.1) is 0 Å². The van der Waals surface area contributed by atoms with Crippen LogP contribution >= 0.6 is 0 Å². The van der Waals surface area contributed by atoms with E-state index in [-0.39, 0.29) is 50.5 Å². The predicted molar refractivity (Wildman–Crippen MR) is 145 cm³/mol. The van der Waals surface area contributed by atoms with Crippen LogP contribution in [0.4, 0.5) is 0 Å². The standard InChI is InChI=1S/C32H49NO4/c1-20(34)37-25-10-11-30(6)24(27(25,2)3)9-12-32(8)26(30)23(35)17-21-22-18-28(4,19-33-36)13-14-29(22,5)15-16-31(21,32)7/h17,19,22,24-26,36H,9-16,18H2,1-8H3/t22-,24-,25-,26+,28-,29+,30-,31+,32+/m0/s1. The SMILES string of the molecule is CC(=O)O[C@H]1CC[C@]2(C)[C@H]3C(=O)C=C4[C@@H]5C[C@@](C)(C=NO)CC[C@]5(C)CC[C@@]4(C)[C@]3(C)CC[C@H]2C1(C)C. The van der Waals surface area contributed by atoms with E-state index < -0.39 is 0 Å². The predicted octanol–water partition coefficient (Wildman–Crippen LogP) is 7.36. The van der Waals surface area contributed by atoms with E-state index in [1.54, 1.807) is 6.21 Å². The first-order valence-corrected chi connectivity index (χ1v) is 14.7. The first-order valence-electron chi connectivity index (χ1n) is 14.7. The molecule has 5 aliphatic rings. The van der Waals surface area contributed by atoms with Gasteiger partial charge in [0, 0.05) is 29.9 Å². The number of hydrogen-bond acceptors (Lipinski definition) is 5. The van der Waals surface area contributed by atoms with Crippen LogP contribution in [0.5, 0.6) is 0 Å². The Morgan fingerprint density at radius 3 is 2.32 bits per heavy atom. The molecule has 0 unspecified atom stereocenters. The summed E-state index contributed by atoms with van der Waals surface area (Å²) in [5.41, 5.74) is 1.06. The molecule has 206 valence electrons. The zero-order valence-electron chi connectivity index (χ0n) is 24.4. The number of hydrogen-bond donors (Lipinski definition) is 1. The van der Waals surface area contributed by atoms with Crippen molar-refractivity contribution in [3.8, 4) is 0 Å². The van der Waals surface area contributed by atoms with Crippen LogP contribution in [0.1, 0.15) is 113 Å². The van der Waals surface area contributed by atoms with Crippen molar-refractivity contribution in [1.29, 1.82) is 0 Å². The van der Waals surface area contributed by atoms with Crippen molar-refractivity contribution in [1.82, 2.24) is 0 Å². The minimum atomic E-state index is -0.202. The van der Waals surface area contributed by atoms with Crippen molar-refractivity contribution >= 4 is 18.0 Å². The Hall–Kier alpha value is -1.65. The maximum Gasteiger partial charge on any atom is 0.302 e. The molecule has 0 heterocycles. The lowest BCUT2D eigenvalue weighted by molar-refractivity contribution is -0.210. The Bertz CT molecular complexity index is 1060. The van der Waals surface area contributed by atoms with Crippen LogP contribution in [0.3, 0.4) is 0 Å². The van der Waals surface area contributed by atoms with Crippen LogP contribution in [0.25, 0.3) is 0 Å². The highest BCUT2D eigenvalue weighted by atomic mass is 16.5. The Morgan fingerprint density at radius 2 is 1.68 bits per heavy atom. The number of allylic oxidation sites excluding steroid dienone is 2. The second-order valence-corrected chi connectivity index (χ2v) is 15.5. The Kier molecular flexibility index (Phi) is 5.95. The van der Waals surface area contributed by atoms with Crippen molar-refractivity contribution < 1.29 is 19.5 Å². The van der Waals surface area contributed by atoms with E-state index in [0.717, 1.165) is 51.4 Å². The minimum absolute atomic E-state index is 0.0108. The Labute approximate surface area is 223 Å². The third-order valence-electron chi connectivity index (χ3n) is 13.2. The van der Waals surface area contributed by atoms with Gasteiger partial charge in [0.2, 0.25) is 0 Å². The maximum atomic E-state index is 14.4. The summed E-state index contributed by atoms with van der Waals surface area (Å²) in [6, 6.07) is 0. The number of esters is 1. The molecule has 5 aliphatic carbocycles. The maximum absolute atomic E-state index is 14.4. The number of rotatable bonds is 2. The number of fused-ring (bicyclic) bond motifs is 7. The van der Waals surface area contributed by atoms with Gasteiger partial charge in [-0.2, -0.15) is 0 Å². The van der Waals surface area contributed by atoms with Crippen molar-refractivity contribution in [2.45, 2.75) is 119 Å². The molecule has 1 N–H and O–H groups in total. The fourth-order valence-electron chi connectivity index (χ4n) is 10.8. The first kappa shape index (κ1) is 26.9. The number of ketones is 1. The van der Waals surface area contributed by atoms with E-state index in [1.165, 1.54) is 18.9 Å². The van der Waals surface area contributed by atoms with Gasteiger partial charge in [-0.25, -0.2) is 0 Å². The number of carbonyl (C=O) groups is 2. The molecule has 0 saturated heterocycles. The average molecular weight is 512 g/mol. The van der Waals surface area contributed by atoms with Crippen LogP contribution in [0.15, 0.2) is 16.8 Å². The monoisotopic (exact) mass is 511 g/mol. The lowest BCUT2D eigenvalue weighted by Crippen LogP contribution is -2.66. The fraction of sp³-hybridized carbons (Fsp3) is 0.844. The highest BCUT2D eigenvalue weighted by Gasteiger charge is 2.70. The molecular formula is C32H49NO4. The Balaban J connectivity index is 1.57. The lowest BCUT2D eigenvalue weighted by atomic mass is 9.33. The molecule has 0 bridgehead atoms. The molecule has 5 rings (SSSR count). The summed E-state index contributed by atoms with van der Waals surface area (Å²) in [6.45, 7) is 18.0. The van der Waals surface area contributed by atoms with Gasteiger partial charge >= 0.3 is 5.97 Å². The van der Waals surface area contributed by atoms with Gasteiger partial charge in [-0.15, -0.1) is 5.16 Å². The molecule has 9 atom stereocenters. The smallest absolute Gasteiger partial charge is 0.302 e. The molecule has 0 amide bonds. The molecular weight excluding hydrogens is 462 g/mol. The molecule has 0 spiro atoms. The number of ether oxygens (including phenoxy) is 1. The summed E-state index contributed by atoms with van der Waals surface area (Å²) in [4.78, 5) is 26.3. The highest BCUT2D eigenvalue weighted by Crippen LogP contribution is 2.75. The van der Waals surface area contributed by atoms with Gasteiger partial charge in [-0.1, -0.05) is 54.0 Å². The zero-order chi connectivity index (χ0) is 27.2. The molecule has 0 aromatic carbocycles. The van der Waals surface area contributed by atoms with Crippen LogP contribution in [0.2, 0.25) is 0 Å². The highest BCUT2D eigenvalue weighted by molar-refractivity contribution is 5.95. The number of oxime groups is 1. The lowest BCUT2D eigenvalue weighted by Gasteiger charge is -2.70. The third-order valence-corrected chi connectivity index (χ3v) is 13.2. The molecule has 0 aliphatic heterocycles. The Morgan fingerprint density at radius 1 is 1.00 bits per heavy atom. The molecule has 0 aromatic rings. The third kappa shape index (κ3) is 3.57. The average Bonchev–Trinajstić information content (AvgIpc) is 2.78. The van der Waals surface area contributed by atoms with Gasteiger partial charge in [0.15, 0.2) is 5.78 Å². The van der Waals surface area contributed by atoms with Crippen LogP contribution in [0, 0.1) is 50.2 Å². The van der Waals surface area contributed by atoms with Gasteiger partial charge in [-0.05, 0) is 97.4 Å². The van der Waals surface area contributed by atoms with Gasteiger partial charge in [0.25, 0.3) is 0 Å². The van der Waals surface area contributed by atoms with Crippen LogP contribution in [-0.4, -0.2) is 29.3 Å². The normalized spacial score (nSPS) is 50.8. The summed E-state index contributed by atoms with van der Waals surface area (Å²) in [5, 5.41) is 12.8. The minimum Gasteiger partial charge on any atom is -0.462 e. The van der Waals surface area contributed by atoms with E-state index in [0.29, 0.717) is 17.6 Å². The van der Waals surface area contributed by atoms with Gasteiger partial charge in [-0.3, -0.25) is 9.59 Å². The first-order chi connectivity index (χ1) is 17.1. The molecule has 5 nitrogen and oxygen atoms in total. The molecule has 0 radical (unpaired) electrons. The van der Waals surface area contributed by atoms with E-state index in [1.807, 2.05) is 0 Å². The molecule has 4 fully saturated rings. The van der Waals surface area contributed by atoms with Crippen LogP contribution in [-0.2, 0) is 14.3 Å². The van der Waals surface area contributed by atoms with E-state index in [4.69, 9.17) is 4.74 Å². The van der Waals surface area contributed by atoms with E-state index >= 15 is 0 Å². The van der Waals surface area contributed by atoms with Crippen molar-refractivity contribution in [3.05, 3.63) is 11.6 Å². The molecule has 4 saturated carbocycles. The summed E-state index contributed by atoms with van der Waals surface area (Å²) >= 11 is 0. The van der Waals surface area contributed by atoms with Gasteiger partial charge < -0.3 is 9.94 Å². The van der Waals surface area contributed by atoms with Crippen molar-refractivity contribution in [2.75, 3.05) is 0 Å². The molecule has 5 heteroatoms. The summed E-state index contributed by atoms with van der Waals surface area (Å²) in [5.74, 6) is 0.796. The molecule has 37 heavy (non-hydrogen) atoms. The number of carbonyl (C=O) groups excluding carboxylic acids is 2. The second kappa shape index (κ2) is 8.18. The zero-order valence-corrected chi connectivity index (χ0v) is 24.4. The van der Waals surface area contributed by atoms with Crippen LogP contribution < -0.4 is 0 Å². The van der Waals surface area contributed by atoms with Gasteiger partial charge in [0.1, 0.15) is 6.10 Å². The second-order valence-electron chi connectivity index (χ2n) is 15.5. The van der Waals surface area contributed by atoms with Crippen molar-refractivity contribution in [2.24, 2.45) is 55.4 Å². The summed E-state index contributed by atoms with van der Waals surface area (Å²) < 4.78 is 5.84. The van der Waals surface area contributed by atoms with E-state index in [2.05, 4.69) is 59.7 Å². The van der Waals surface area contributed by atoms with Crippen molar-refractivity contribution in [3.63, 3.8) is 0 Å². The quantitative estimate of drug-likeness (QED) is 0.182.